The number of hydrogen-bond acceptors (Lipinski definition) is 4. The molecule has 2 amide bonds. The lowest BCUT2D eigenvalue weighted by Gasteiger charge is -2.35. The Hall–Kier alpha value is -2.47. The minimum absolute atomic E-state index is 0.0558. The summed E-state index contributed by atoms with van der Waals surface area (Å²) in [7, 11) is 0. The molecular weight excluding hydrogens is 364 g/mol. The first-order chi connectivity index (χ1) is 13.9. The van der Waals surface area contributed by atoms with E-state index in [1.54, 1.807) is 0 Å². The van der Waals surface area contributed by atoms with Crippen LogP contribution < -0.4 is 0 Å². The van der Waals surface area contributed by atoms with E-state index in [9.17, 15) is 9.59 Å². The van der Waals surface area contributed by atoms with Gasteiger partial charge in [0.25, 0.3) is 5.91 Å². The number of carbonyl (C=O) groups is 2. The maximum Gasteiger partial charge on any atom is 0.254 e. The molecule has 0 atom stereocenters. The second kappa shape index (κ2) is 9.35. The molecule has 0 bridgehead atoms. The molecular formula is C23H32N4O2. The third-order valence-electron chi connectivity index (χ3n) is 5.69. The number of fused-ring (bicyclic) bond motifs is 1. The molecule has 1 fully saturated rings. The fourth-order valence-corrected chi connectivity index (χ4v) is 3.82. The molecule has 6 heteroatoms. The number of amides is 2. The van der Waals surface area contributed by atoms with Crippen molar-refractivity contribution in [1.29, 1.82) is 0 Å². The van der Waals surface area contributed by atoms with Crippen molar-refractivity contribution in [1.82, 2.24) is 19.7 Å². The average Bonchev–Trinajstić information content (AvgIpc) is 2.73. The molecule has 1 aromatic carbocycles. The molecule has 1 saturated heterocycles. The topological polar surface area (TPSA) is 56.8 Å². The zero-order valence-electron chi connectivity index (χ0n) is 18.0. The Bertz CT molecular complexity index is 868. The highest BCUT2D eigenvalue weighted by Crippen LogP contribution is 2.24. The Labute approximate surface area is 173 Å². The molecule has 156 valence electrons. The first-order valence-electron chi connectivity index (χ1n) is 10.6. The van der Waals surface area contributed by atoms with Gasteiger partial charge in [-0.05, 0) is 31.9 Å². The SMILES string of the molecule is CCN(CC)C(=O)CN1CCN(C(=O)c2cc(C(C)C)nc3ccccc23)CC1. The van der Waals surface area contributed by atoms with Crippen molar-refractivity contribution >= 4 is 22.7 Å². The van der Waals surface area contributed by atoms with E-state index in [0.29, 0.717) is 19.6 Å². The van der Waals surface area contributed by atoms with Gasteiger partial charge in [0.05, 0.1) is 17.6 Å². The van der Waals surface area contributed by atoms with Crippen molar-refractivity contribution in [2.75, 3.05) is 45.8 Å². The maximum atomic E-state index is 13.3. The average molecular weight is 397 g/mol. The van der Waals surface area contributed by atoms with E-state index in [2.05, 4.69) is 18.7 Å². The second-order valence-electron chi connectivity index (χ2n) is 7.90. The van der Waals surface area contributed by atoms with E-state index in [4.69, 9.17) is 4.98 Å². The smallest absolute Gasteiger partial charge is 0.254 e. The highest BCUT2D eigenvalue weighted by molar-refractivity contribution is 6.06. The molecule has 0 aliphatic carbocycles. The van der Waals surface area contributed by atoms with Gasteiger partial charge in [-0.1, -0.05) is 32.0 Å². The summed E-state index contributed by atoms with van der Waals surface area (Å²) in [6.07, 6.45) is 0. The number of piperazine rings is 1. The lowest BCUT2D eigenvalue weighted by Crippen LogP contribution is -2.51. The number of benzene rings is 1. The van der Waals surface area contributed by atoms with Gasteiger partial charge >= 0.3 is 0 Å². The number of para-hydroxylation sites is 1. The Kier molecular flexibility index (Phi) is 6.85. The van der Waals surface area contributed by atoms with Crippen LogP contribution >= 0.6 is 0 Å². The van der Waals surface area contributed by atoms with Crippen LogP contribution in [0.3, 0.4) is 0 Å². The van der Waals surface area contributed by atoms with Crippen molar-refractivity contribution < 1.29 is 9.59 Å². The van der Waals surface area contributed by atoms with E-state index in [1.807, 2.05) is 54.0 Å². The van der Waals surface area contributed by atoms with Gasteiger partial charge in [0.15, 0.2) is 0 Å². The molecule has 0 radical (unpaired) electrons. The summed E-state index contributed by atoms with van der Waals surface area (Å²) in [6.45, 7) is 12.8. The molecule has 1 aliphatic heterocycles. The Balaban J connectivity index is 1.72. The largest absolute Gasteiger partial charge is 0.342 e. The summed E-state index contributed by atoms with van der Waals surface area (Å²) in [5.41, 5.74) is 2.54. The Morgan fingerprint density at radius 2 is 1.72 bits per heavy atom. The zero-order chi connectivity index (χ0) is 21.0. The van der Waals surface area contributed by atoms with Crippen molar-refractivity contribution in [2.24, 2.45) is 0 Å². The third kappa shape index (κ3) is 4.75. The van der Waals surface area contributed by atoms with E-state index in [-0.39, 0.29) is 17.7 Å². The molecule has 0 unspecified atom stereocenters. The van der Waals surface area contributed by atoms with Crippen LogP contribution in [0.4, 0.5) is 0 Å². The summed E-state index contributed by atoms with van der Waals surface area (Å²) in [6, 6.07) is 9.80. The van der Waals surface area contributed by atoms with Crippen LogP contribution in [-0.2, 0) is 4.79 Å². The number of likely N-dealkylation sites (N-methyl/N-ethyl adjacent to an activating group) is 1. The monoisotopic (exact) mass is 396 g/mol. The van der Waals surface area contributed by atoms with Crippen LogP contribution in [0.5, 0.6) is 0 Å². The lowest BCUT2D eigenvalue weighted by molar-refractivity contribution is -0.132. The molecule has 29 heavy (non-hydrogen) atoms. The first-order valence-corrected chi connectivity index (χ1v) is 10.6. The number of aromatic nitrogens is 1. The Morgan fingerprint density at radius 3 is 2.34 bits per heavy atom. The standard InChI is InChI=1S/C23H32N4O2/c1-5-26(6-2)22(28)16-25-11-13-27(14-12-25)23(29)19-15-21(17(3)4)24-20-10-8-7-9-18(19)20/h7-10,15,17H,5-6,11-14,16H2,1-4H3. The number of rotatable bonds is 6. The minimum Gasteiger partial charge on any atom is -0.342 e. The van der Waals surface area contributed by atoms with Gasteiger partial charge in [-0.2, -0.15) is 0 Å². The molecule has 0 saturated carbocycles. The summed E-state index contributed by atoms with van der Waals surface area (Å²) in [5.74, 6) is 0.478. The van der Waals surface area contributed by atoms with Gasteiger partial charge in [0.2, 0.25) is 5.91 Å². The zero-order valence-corrected chi connectivity index (χ0v) is 18.0. The number of nitrogens with zero attached hydrogens (tertiary/aromatic N) is 4. The molecule has 2 aromatic rings. The number of pyridine rings is 1. The van der Waals surface area contributed by atoms with Crippen LogP contribution in [0.2, 0.25) is 0 Å². The number of hydrogen-bond donors (Lipinski definition) is 0. The van der Waals surface area contributed by atoms with Crippen molar-refractivity contribution in [3.63, 3.8) is 0 Å². The van der Waals surface area contributed by atoms with Gasteiger partial charge in [-0.25, -0.2) is 0 Å². The molecule has 6 nitrogen and oxygen atoms in total. The molecule has 3 rings (SSSR count). The summed E-state index contributed by atoms with van der Waals surface area (Å²) in [5, 5.41) is 0.904. The maximum absolute atomic E-state index is 13.3. The van der Waals surface area contributed by atoms with E-state index >= 15 is 0 Å². The molecule has 2 heterocycles. The van der Waals surface area contributed by atoms with E-state index in [0.717, 1.165) is 48.3 Å². The van der Waals surface area contributed by atoms with Crippen LogP contribution in [0, 0.1) is 0 Å². The van der Waals surface area contributed by atoms with Gasteiger partial charge in [-0.3, -0.25) is 19.5 Å². The van der Waals surface area contributed by atoms with E-state index < -0.39 is 0 Å². The predicted molar refractivity (Wildman–Crippen MR) is 116 cm³/mol. The summed E-state index contributed by atoms with van der Waals surface area (Å²) in [4.78, 5) is 36.3. The second-order valence-corrected chi connectivity index (χ2v) is 7.90. The highest BCUT2D eigenvalue weighted by atomic mass is 16.2. The molecule has 1 aromatic heterocycles. The van der Waals surface area contributed by atoms with E-state index in [1.165, 1.54) is 0 Å². The fourth-order valence-electron chi connectivity index (χ4n) is 3.82. The van der Waals surface area contributed by atoms with Gasteiger partial charge in [0, 0.05) is 50.3 Å². The van der Waals surface area contributed by atoms with Crippen molar-refractivity contribution in [3.8, 4) is 0 Å². The first kappa shape index (κ1) is 21.2. The van der Waals surface area contributed by atoms with Gasteiger partial charge in [-0.15, -0.1) is 0 Å². The normalized spacial score (nSPS) is 15.1. The van der Waals surface area contributed by atoms with Crippen LogP contribution in [0.25, 0.3) is 10.9 Å². The van der Waals surface area contributed by atoms with Crippen molar-refractivity contribution in [3.05, 3.63) is 41.6 Å². The predicted octanol–water partition coefficient (Wildman–Crippen LogP) is 2.98. The summed E-state index contributed by atoms with van der Waals surface area (Å²) < 4.78 is 0. The molecule has 0 spiro atoms. The van der Waals surface area contributed by atoms with Crippen LogP contribution in [0.15, 0.2) is 30.3 Å². The number of carbonyl (C=O) groups excluding carboxylic acids is 2. The molecule has 1 aliphatic rings. The third-order valence-corrected chi connectivity index (χ3v) is 5.69. The van der Waals surface area contributed by atoms with Crippen LogP contribution in [-0.4, -0.2) is 77.3 Å². The lowest BCUT2D eigenvalue weighted by atomic mass is 10.0. The Morgan fingerprint density at radius 1 is 1.07 bits per heavy atom. The fraction of sp³-hybridized carbons (Fsp3) is 0.522. The van der Waals surface area contributed by atoms with Gasteiger partial charge < -0.3 is 9.80 Å². The highest BCUT2D eigenvalue weighted by Gasteiger charge is 2.26. The van der Waals surface area contributed by atoms with Crippen LogP contribution in [0.1, 0.15) is 49.7 Å². The summed E-state index contributed by atoms with van der Waals surface area (Å²) >= 11 is 0. The van der Waals surface area contributed by atoms with Crippen molar-refractivity contribution in [2.45, 2.75) is 33.6 Å². The minimum atomic E-state index is 0.0558. The molecule has 0 N–H and O–H groups in total. The quantitative estimate of drug-likeness (QED) is 0.753. The van der Waals surface area contributed by atoms with Gasteiger partial charge in [0.1, 0.15) is 0 Å².